The van der Waals surface area contributed by atoms with Crippen LogP contribution in [0.4, 0.5) is 0 Å². The summed E-state index contributed by atoms with van der Waals surface area (Å²) in [6, 6.07) is 0. The summed E-state index contributed by atoms with van der Waals surface area (Å²) in [5.41, 5.74) is 4.21. The van der Waals surface area contributed by atoms with Crippen LogP contribution in [0, 0.1) is 5.41 Å². The molecule has 1 N–H and O–H groups in total. The van der Waals surface area contributed by atoms with Gasteiger partial charge in [0, 0.05) is 36.5 Å². The lowest BCUT2D eigenvalue weighted by Gasteiger charge is -2.21. The van der Waals surface area contributed by atoms with Crippen molar-refractivity contribution in [2.75, 3.05) is 6.54 Å². The van der Waals surface area contributed by atoms with Gasteiger partial charge in [0.2, 0.25) is 0 Å². The molecule has 2 heterocycles. The van der Waals surface area contributed by atoms with Gasteiger partial charge in [0.25, 0.3) is 0 Å². The summed E-state index contributed by atoms with van der Waals surface area (Å²) in [4.78, 5) is 8.82. The van der Waals surface area contributed by atoms with Crippen LogP contribution >= 0.6 is 0 Å². The molecular weight excluding hydrogens is 198 g/mol. The second-order valence-electron chi connectivity index (χ2n) is 5.73. The second kappa shape index (κ2) is 4.50. The van der Waals surface area contributed by atoms with Gasteiger partial charge >= 0.3 is 0 Å². The molecule has 16 heavy (non-hydrogen) atoms. The molecule has 0 saturated carbocycles. The number of fused-ring (bicyclic) bond motifs is 1. The van der Waals surface area contributed by atoms with Gasteiger partial charge in [-0.25, -0.2) is 9.97 Å². The fourth-order valence-electron chi connectivity index (χ4n) is 2.04. The Balaban J connectivity index is 2.15. The Labute approximate surface area is 97.7 Å². The molecule has 3 nitrogen and oxygen atoms in total. The summed E-state index contributed by atoms with van der Waals surface area (Å²) < 4.78 is 0. The molecule has 2 rings (SSSR count). The highest BCUT2D eigenvalue weighted by Crippen LogP contribution is 2.23. The molecule has 0 aliphatic carbocycles. The highest BCUT2D eigenvalue weighted by molar-refractivity contribution is 5.27. The molecule has 0 fully saturated rings. The molecule has 0 amide bonds. The standard InChI is InChI=1S/C13H21N3/c1-13(2,3)6-4-11-10-8-14-7-5-12(10)16-9-15-11/h9,14H,4-8H2,1-3H3. The van der Waals surface area contributed by atoms with Crippen LogP contribution in [0.15, 0.2) is 6.33 Å². The Bertz CT molecular complexity index is 366. The van der Waals surface area contributed by atoms with Crippen molar-refractivity contribution in [1.82, 2.24) is 15.3 Å². The molecule has 0 radical (unpaired) electrons. The lowest BCUT2D eigenvalue weighted by atomic mass is 9.88. The average molecular weight is 219 g/mol. The van der Waals surface area contributed by atoms with Gasteiger partial charge in [-0.05, 0) is 18.3 Å². The Morgan fingerprint density at radius 1 is 1.31 bits per heavy atom. The molecule has 0 aromatic carbocycles. The van der Waals surface area contributed by atoms with Crippen LogP contribution in [0.2, 0.25) is 0 Å². The predicted octanol–water partition coefficient (Wildman–Crippen LogP) is 2.10. The quantitative estimate of drug-likeness (QED) is 0.827. The predicted molar refractivity (Wildman–Crippen MR) is 65.2 cm³/mol. The van der Waals surface area contributed by atoms with E-state index < -0.39 is 0 Å². The van der Waals surface area contributed by atoms with Gasteiger partial charge in [-0.1, -0.05) is 20.8 Å². The van der Waals surface area contributed by atoms with Crippen LogP contribution in [0.5, 0.6) is 0 Å². The smallest absolute Gasteiger partial charge is 0.115 e. The SMILES string of the molecule is CC(C)(C)CCc1ncnc2c1CNCC2. The minimum Gasteiger partial charge on any atom is -0.312 e. The van der Waals surface area contributed by atoms with Crippen LogP contribution in [0.3, 0.4) is 0 Å². The third-order valence-electron chi connectivity index (χ3n) is 3.08. The fraction of sp³-hybridized carbons (Fsp3) is 0.692. The molecule has 0 unspecified atom stereocenters. The summed E-state index contributed by atoms with van der Waals surface area (Å²) in [5, 5.41) is 3.40. The molecule has 1 aliphatic rings. The largest absolute Gasteiger partial charge is 0.312 e. The van der Waals surface area contributed by atoms with Crippen molar-refractivity contribution in [3.05, 3.63) is 23.3 Å². The maximum atomic E-state index is 4.44. The van der Waals surface area contributed by atoms with Gasteiger partial charge in [0.1, 0.15) is 6.33 Å². The lowest BCUT2D eigenvalue weighted by molar-refractivity contribution is 0.375. The Morgan fingerprint density at radius 2 is 2.12 bits per heavy atom. The highest BCUT2D eigenvalue weighted by Gasteiger charge is 2.17. The number of rotatable bonds is 2. The van der Waals surface area contributed by atoms with E-state index in [4.69, 9.17) is 0 Å². The van der Waals surface area contributed by atoms with Crippen molar-refractivity contribution >= 4 is 0 Å². The zero-order valence-electron chi connectivity index (χ0n) is 10.5. The van der Waals surface area contributed by atoms with Crippen LogP contribution in [0.25, 0.3) is 0 Å². The first-order valence-electron chi connectivity index (χ1n) is 6.08. The zero-order valence-corrected chi connectivity index (χ0v) is 10.5. The van der Waals surface area contributed by atoms with Crippen molar-refractivity contribution in [3.8, 4) is 0 Å². The molecule has 0 atom stereocenters. The summed E-state index contributed by atoms with van der Waals surface area (Å²) in [6.45, 7) is 8.81. The molecule has 0 bridgehead atoms. The van der Waals surface area contributed by atoms with Gasteiger partial charge in [-0.2, -0.15) is 0 Å². The van der Waals surface area contributed by atoms with Gasteiger partial charge < -0.3 is 5.32 Å². The minimum atomic E-state index is 0.375. The maximum Gasteiger partial charge on any atom is 0.115 e. The molecule has 88 valence electrons. The fourth-order valence-corrected chi connectivity index (χ4v) is 2.04. The van der Waals surface area contributed by atoms with E-state index in [1.54, 1.807) is 6.33 Å². The van der Waals surface area contributed by atoms with Crippen molar-refractivity contribution in [2.24, 2.45) is 5.41 Å². The van der Waals surface area contributed by atoms with Gasteiger partial charge in [0.15, 0.2) is 0 Å². The van der Waals surface area contributed by atoms with Crippen molar-refractivity contribution in [2.45, 2.75) is 46.6 Å². The van der Waals surface area contributed by atoms with Crippen molar-refractivity contribution < 1.29 is 0 Å². The van der Waals surface area contributed by atoms with Crippen molar-refractivity contribution in [1.29, 1.82) is 0 Å². The highest BCUT2D eigenvalue weighted by atomic mass is 14.9. The van der Waals surface area contributed by atoms with E-state index in [0.717, 1.165) is 25.9 Å². The number of aromatic nitrogens is 2. The van der Waals surface area contributed by atoms with E-state index in [1.165, 1.54) is 23.4 Å². The average Bonchev–Trinajstić information content (AvgIpc) is 2.25. The number of nitrogens with zero attached hydrogens (tertiary/aromatic N) is 2. The molecular formula is C13H21N3. The zero-order chi connectivity index (χ0) is 11.6. The third-order valence-corrected chi connectivity index (χ3v) is 3.08. The van der Waals surface area contributed by atoms with Gasteiger partial charge in [0.05, 0.1) is 0 Å². The molecule has 3 heteroatoms. The third kappa shape index (κ3) is 2.79. The summed E-state index contributed by atoms with van der Waals surface area (Å²) >= 11 is 0. The number of hydrogen-bond acceptors (Lipinski definition) is 3. The van der Waals surface area contributed by atoms with Crippen molar-refractivity contribution in [3.63, 3.8) is 0 Å². The van der Waals surface area contributed by atoms with E-state index in [-0.39, 0.29) is 0 Å². The lowest BCUT2D eigenvalue weighted by Crippen LogP contribution is -2.26. The number of hydrogen-bond donors (Lipinski definition) is 1. The van der Waals surface area contributed by atoms with E-state index >= 15 is 0 Å². The van der Waals surface area contributed by atoms with Gasteiger partial charge in [-0.15, -0.1) is 0 Å². The van der Waals surface area contributed by atoms with Gasteiger partial charge in [-0.3, -0.25) is 0 Å². The summed E-state index contributed by atoms with van der Waals surface area (Å²) in [7, 11) is 0. The number of aryl methyl sites for hydroxylation is 1. The Hall–Kier alpha value is -0.960. The molecule has 1 aromatic rings. The van der Waals surface area contributed by atoms with E-state index in [0.29, 0.717) is 5.41 Å². The Kier molecular flexibility index (Phi) is 3.24. The topological polar surface area (TPSA) is 37.8 Å². The maximum absolute atomic E-state index is 4.44. The van der Waals surface area contributed by atoms with Crippen LogP contribution < -0.4 is 5.32 Å². The molecule has 0 spiro atoms. The van der Waals surface area contributed by atoms with Crippen LogP contribution in [0.1, 0.15) is 44.1 Å². The summed E-state index contributed by atoms with van der Waals surface area (Å²) in [6.07, 6.45) is 5.01. The first kappa shape index (κ1) is 11.5. The first-order chi connectivity index (χ1) is 7.56. The Morgan fingerprint density at radius 3 is 2.88 bits per heavy atom. The minimum absolute atomic E-state index is 0.375. The monoisotopic (exact) mass is 219 g/mol. The molecule has 1 aromatic heterocycles. The van der Waals surface area contributed by atoms with Crippen LogP contribution in [-0.4, -0.2) is 16.5 Å². The molecule has 0 saturated heterocycles. The van der Waals surface area contributed by atoms with E-state index in [2.05, 4.69) is 36.1 Å². The van der Waals surface area contributed by atoms with Crippen LogP contribution in [-0.2, 0) is 19.4 Å². The van der Waals surface area contributed by atoms with E-state index in [1.807, 2.05) is 0 Å². The second-order valence-corrected chi connectivity index (χ2v) is 5.73. The van der Waals surface area contributed by atoms with E-state index in [9.17, 15) is 0 Å². The summed E-state index contributed by atoms with van der Waals surface area (Å²) in [5.74, 6) is 0. The molecule has 1 aliphatic heterocycles. The number of nitrogens with one attached hydrogen (secondary N) is 1. The normalized spacial score (nSPS) is 15.9. The first-order valence-corrected chi connectivity index (χ1v) is 6.08.